The van der Waals surface area contributed by atoms with Gasteiger partial charge in [0.15, 0.2) is 0 Å². The molecule has 3 nitrogen and oxygen atoms in total. The molecule has 116 valence electrons. The summed E-state index contributed by atoms with van der Waals surface area (Å²) in [5.74, 6) is -0.175. The van der Waals surface area contributed by atoms with Crippen LogP contribution < -0.4 is 5.32 Å². The van der Waals surface area contributed by atoms with Gasteiger partial charge in [-0.3, -0.25) is 4.79 Å². The van der Waals surface area contributed by atoms with Gasteiger partial charge >= 0.3 is 0 Å². The van der Waals surface area contributed by atoms with Gasteiger partial charge in [-0.05, 0) is 62.4 Å². The minimum atomic E-state index is -0.175. The second-order valence-electron chi connectivity index (χ2n) is 5.43. The number of amides is 1. The molecular weight excluding hydrogens is 308 g/mol. The molecule has 0 unspecified atom stereocenters. The fraction of sp³-hybridized carbons (Fsp3) is 0.105. The number of carbonyl (C=O) groups is 1. The molecule has 1 aromatic heterocycles. The Labute approximate surface area is 140 Å². The molecular formula is C19H17ClN2O. The average molecular weight is 325 g/mol. The molecule has 0 fully saturated rings. The largest absolute Gasteiger partial charge is 0.321 e. The van der Waals surface area contributed by atoms with E-state index in [-0.39, 0.29) is 5.91 Å². The molecule has 0 aliphatic carbocycles. The number of rotatable bonds is 3. The van der Waals surface area contributed by atoms with Crippen LogP contribution in [0, 0.1) is 13.8 Å². The maximum atomic E-state index is 12.3. The maximum absolute atomic E-state index is 12.3. The fourth-order valence-corrected chi connectivity index (χ4v) is 2.78. The minimum Gasteiger partial charge on any atom is -0.321 e. The van der Waals surface area contributed by atoms with Crippen LogP contribution in [0.3, 0.4) is 0 Å². The summed E-state index contributed by atoms with van der Waals surface area (Å²) in [5.41, 5.74) is 4.57. The van der Waals surface area contributed by atoms with Crippen molar-refractivity contribution >= 4 is 23.2 Å². The number of anilines is 1. The summed E-state index contributed by atoms with van der Waals surface area (Å²) in [6.45, 7) is 4.12. The predicted molar refractivity (Wildman–Crippen MR) is 94.6 cm³/mol. The van der Waals surface area contributed by atoms with Crippen LogP contribution in [0.5, 0.6) is 0 Å². The van der Waals surface area contributed by atoms with E-state index in [4.69, 9.17) is 11.6 Å². The Balaban J connectivity index is 1.82. The van der Waals surface area contributed by atoms with Gasteiger partial charge in [-0.2, -0.15) is 0 Å². The highest BCUT2D eigenvalue weighted by Gasteiger charge is 2.09. The summed E-state index contributed by atoms with van der Waals surface area (Å²) < 4.78 is 2.15. The Kier molecular flexibility index (Phi) is 4.22. The number of halogens is 1. The van der Waals surface area contributed by atoms with Crippen LogP contribution in [0.1, 0.15) is 21.7 Å². The lowest BCUT2D eigenvalue weighted by Gasteiger charge is -2.11. The van der Waals surface area contributed by atoms with Gasteiger partial charge in [0.05, 0.1) is 10.7 Å². The first-order valence-electron chi connectivity index (χ1n) is 7.37. The van der Waals surface area contributed by atoms with Gasteiger partial charge in [0.25, 0.3) is 5.91 Å². The van der Waals surface area contributed by atoms with Crippen LogP contribution in [-0.4, -0.2) is 10.5 Å². The molecule has 0 bridgehead atoms. The summed E-state index contributed by atoms with van der Waals surface area (Å²) in [6.07, 6.45) is 0. The molecule has 2 aromatic carbocycles. The lowest BCUT2D eigenvalue weighted by molar-refractivity contribution is 0.102. The molecule has 23 heavy (non-hydrogen) atoms. The Hall–Kier alpha value is -2.52. The Bertz CT molecular complexity index is 831. The second kappa shape index (κ2) is 6.31. The second-order valence-corrected chi connectivity index (χ2v) is 5.84. The van der Waals surface area contributed by atoms with Gasteiger partial charge in [-0.25, -0.2) is 0 Å². The molecule has 0 saturated heterocycles. The van der Waals surface area contributed by atoms with Crippen molar-refractivity contribution in [3.63, 3.8) is 0 Å². The molecule has 1 amide bonds. The van der Waals surface area contributed by atoms with Crippen molar-refractivity contribution in [2.75, 3.05) is 5.32 Å². The van der Waals surface area contributed by atoms with Crippen molar-refractivity contribution < 1.29 is 4.79 Å². The third-order valence-electron chi connectivity index (χ3n) is 3.78. The topological polar surface area (TPSA) is 34.0 Å². The number of aromatic nitrogens is 1. The van der Waals surface area contributed by atoms with Crippen LogP contribution in [0.15, 0.2) is 60.7 Å². The van der Waals surface area contributed by atoms with Crippen LogP contribution in [0.4, 0.5) is 5.69 Å². The lowest BCUT2D eigenvalue weighted by atomic mass is 10.2. The molecule has 3 rings (SSSR count). The third kappa shape index (κ3) is 3.15. The molecule has 1 N–H and O–H groups in total. The van der Waals surface area contributed by atoms with Crippen molar-refractivity contribution in [3.05, 3.63) is 82.6 Å². The number of hydrogen-bond acceptors (Lipinski definition) is 1. The van der Waals surface area contributed by atoms with E-state index in [1.54, 1.807) is 12.1 Å². The maximum Gasteiger partial charge on any atom is 0.255 e. The summed E-state index contributed by atoms with van der Waals surface area (Å²) in [7, 11) is 0. The zero-order valence-electron chi connectivity index (χ0n) is 13.0. The van der Waals surface area contributed by atoms with Gasteiger partial charge in [-0.15, -0.1) is 0 Å². The minimum absolute atomic E-state index is 0.175. The van der Waals surface area contributed by atoms with Crippen molar-refractivity contribution in [1.29, 1.82) is 0 Å². The number of benzene rings is 2. The standard InChI is InChI=1S/C19H17ClN2O/c1-13-7-8-14(2)22(13)16-11-9-15(10-12-16)19(23)21-18-6-4-3-5-17(18)20/h3-12H,1-2H3,(H,21,23). The molecule has 1 heterocycles. The van der Waals surface area contributed by atoms with Crippen molar-refractivity contribution in [1.82, 2.24) is 4.57 Å². The van der Waals surface area contributed by atoms with Crippen LogP contribution in [-0.2, 0) is 0 Å². The normalized spacial score (nSPS) is 10.6. The number of aryl methyl sites for hydroxylation is 2. The zero-order chi connectivity index (χ0) is 16.4. The molecule has 0 aliphatic rings. The van der Waals surface area contributed by atoms with Crippen molar-refractivity contribution in [3.8, 4) is 5.69 Å². The predicted octanol–water partition coefficient (Wildman–Crippen LogP) is 5.00. The molecule has 0 spiro atoms. The highest BCUT2D eigenvalue weighted by atomic mass is 35.5. The summed E-state index contributed by atoms with van der Waals surface area (Å²) in [6, 6.07) is 18.9. The number of hydrogen-bond donors (Lipinski definition) is 1. The van der Waals surface area contributed by atoms with E-state index in [0.29, 0.717) is 16.3 Å². The number of nitrogens with one attached hydrogen (secondary N) is 1. The van der Waals surface area contributed by atoms with E-state index in [9.17, 15) is 4.79 Å². The third-order valence-corrected chi connectivity index (χ3v) is 4.11. The van der Waals surface area contributed by atoms with Crippen molar-refractivity contribution in [2.24, 2.45) is 0 Å². The molecule has 0 atom stereocenters. The first-order valence-corrected chi connectivity index (χ1v) is 7.75. The SMILES string of the molecule is Cc1ccc(C)n1-c1ccc(C(=O)Nc2ccccc2Cl)cc1. The monoisotopic (exact) mass is 324 g/mol. The molecule has 0 radical (unpaired) electrons. The quantitative estimate of drug-likeness (QED) is 0.722. The zero-order valence-corrected chi connectivity index (χ0v) is 13.8. The summed E-state index contributed by atoms with van der Waals surface area (Å²) in [5, 5.41) is 3.35. The average Bonchev–Trinajstić information content (AvgIpc) is 2.88. The Morgan fingerprint density at radius 3 is 2.13 bits per heavy atom. The van der Waals surface area contributed by atoms with Crippen LogP contribution in [0.2, 0.25) is 5.02 Å². The molecule has 0 saturated carbocycles. The first kappa shape index (κ1) is 15.4. The van der Waals surface area contributed by atoms with E-state index in [0.717, 1.165) is 17.1 Å². The number of nitrogens with zero attached hydrogens (tertiary/aromatic N) is 1. The number of carbonyl (C=O) groups excluding carboxylic acids is 1. The van der Waals surface area contributed by atoms with E-state index in [1.807, 2.05) is 36.4 Å². The number of para-hydroxylation sites is 1. The van der Waals surface area contributed by atoms with Gasteiger partial charge < -0.3 is 9.88 Å². The molecule has 4 heteroatoms. The molecule has 3 aromatic rings. The smallest absolute Gasteiger partial charge is 0.255 e. The first-order chi connectivity index (χ1) is 11.1. The summed E-state index contributed by atoms with van der Waals surface area (Å²) >= 11 is 6.07. The van der Waals surface area contributed by atoms with E-state index >= 15 is 0 Å². The Morgan fingerprint density at radius 2 is 1.52 bits per heavy atom. The Morgan fingerprint density at radius 1 is 0.913 bits per heavy atom. The van der Waals surface area contributed by atoms with E-state index in [1.165, 1.54) is 0 Å². The highest BCUT2D eigenvalue weighted by Crippen LogP contribution is 2.22. The van der Waals surface area contributed by atoms with E-state index < -0.39 is 0 Å². The van der Waals surface area contributed by atoms with Gasteiger partial charge in [-0.1, -0.05) is 23.7 Å². The highest BCUT2D eigenvalue weighted by molar-refractivity contribution is 6.33. The fourth-order valence-electron chi connectivity index (χ4n) is 2.59. The summed E-state index contributed by atoms with van der Waals surface area (Å²) in [4.78, 5) is 12.3. The van der Waals surface area contributed by atoms with Gasteiger partial charge in [0.1, 0.15) is 0 Å². The lowest BCUT2D eigenvalue weighted by Crippen LogP contribution is -2.12. The van der Waals surface area contributed by atoms with Crippen LogP contribution >= 0.6 is 11.6 Å². The van der Waals surface area contributed by atoms with Crippen LogP contribution in [0.25, 0.3) is 5.69 Å². The van der Waals surface area contributed by atoms with Crippen molar-refractivity contribution in [2.45, 2.75) is 13.8 Å². The molecule has 0 aliphatic heterocycles. The van der Waals surface area contributed by atoms with Gasteiger partial charge in [0, 0.05) is 22.6 Å². The van der Waals surface area contributed by atoms with Gasteiger partial charge in [0.2, 0.25) is 0 Å². The van der Waals surface area contributed by atoms with E-state index in [2.05, 4.69) is 35.9 Å².